The number of rotatable bonds is 4. The minimum Gasteiger partial charge on any atom is -0.464 e. The van der Waals surface area contributed by atoms with Crippen LogP contribution in [0.3, 0.4) is 0 Å². The third-order valence-electron chi connectivity index (χ3n) is 5.97. The molecule has 0 bridgehead atoms. The van der Waals surface area contributed by atoms with E-state index in [9.17, 15) is 4.79 Å². The van der Waals surface area contributed by atoms with Crippen molar-refractivity contribution in [2.45, 2.75) is 39.3 Å². The molecule has 0 radical (unpaired) electrons. The van der Waals surface area contributed by atoms with Crippen LogP contribution in [-0.2, 0) is 19.5 Å². The fourth-order valence-corrected chi connectivity index (χ4v) is 4.13. The molecule has 1 aliphatic heterocycles. The van der Waals surface area contributed by atoms with Gasteiger partial charge in [-0.15, -0.1) is 0 Å². The highest BCUT2D eigenvalue weighted by atomic mass is 16.3. The lowest BCUT2D eigenvalue weighted by Crippen LogP contribution is -2.32. The molecule has 2 aromatic heterocycles. The first-order valence-corrected chi connectivity index (χ1v) is 10.8. The molecule has 0 amide bonds. The Bertz CT molecular complexity index is 1300. The summed E-state index contributed by atoms with van der Waals surface area (Å²) in [6, 6.07) is 15.9. The molecule has 5 heteroatoms. The predicted octanol–water partition coefficient (Wildman–Crippen LogP) is 4.93. The summed E-state index contributed by atoms with van der Waals surface area (Å²) in [6.07, 6.45) is 4.38. The topological polar surface area (TPSA) is 59.2 Å². The van der Waals surface area contributed by atoms with Gasteiger partial charge in [0.15, 0.2) is 11.3 Å². The van der Waals surface area contributed by atoms with Crippen LogP contribution in [0.2, 0.25) is 0 Å². The van der Waals surface area contributed by atoms with Gasteiger partial charge in [-0.25, -0.2) is 9.97 Å². The van der Waals surface area contributed by atoms with Crippen molar-refractivity contribution < 1.29 is 4.42 Å². The van der Waals surface area contributed by atoms with Crippen molar-refractivity contribution >= 4 is 11.0 Å². The SMILES string of the molecule is CC(C)c1ccc2occ(CN3CCc4nc(-c5ccccc5)ncc4C3)c(=O)c2c1. The molecule has 0 fully saturated rings. The van der Waals surface area contributed by atoms with E-state index >= 15 is 0 Å². The Morgan fingerprint density at radius 3 is 2.77 bits per heavy atom. The van der Waals surface area contributed by atoms with Crippen LogP contribution in [-0.4, -0.2) is 21.4 Å². The molecule has 2 aromatic carbocycles. The smallest absolute Gasteiger partial charge is 0.197 e. The summed E-state index contributed by atoms with van der Waals surface area (Å²) < 4.78 is 5.78. The average molecular weight is 412 g/mol. The molecular weight excluding hydrogens is 386 g/mol. The first-order valence-electron chi connectivity index (χ1n) is 10.8. The molecule has 0 N–H and O–H groups in total. The number of aromatic nitrogens is 2. The van der Waals surface area contributed by atoms with Crippen molar-refractivity contribution in [3.8, 4) is 11.4 Å². The van der Waals surface area contributed by atoms with Crippen LogP contribution >= 0.6 is 0 Å². The van der Waals surface area contributed by atoms with E-state index < -0.39 is 0 Å². The van der Waals surface area contributed by atoms with Gasteiger partial charge in [-0.05, 0) is 23.6 Å². The van der Waals surface area contributed by atoms with Gasteiger partial charge in [-0.1, -0.05) is 50.2 Å². The van der Waals surface area contributed by atoms with Crippen molar-refractivity contribution in [1.82, 2.24) is 14.9 Å². The van der Waals surface area contributed by atoms with E-state index in [0.29, 0.717) is 29.0 Å². The first kappa shape index (κ1) is 19.6. The van der Waals surface area contributed by atoms with E-state index in [4.69, 9.17) is 9.40 Å². The van der Waals surface area contributed by atoms with Crippen molar-refractivity contribution in [2.75, 3.05) is 6.54 Å². The van der Waals surface area contributed by atoms with E-state index in [-0.39, 0.29) is 5.43 Å². The van der Waals surface area contributed by atoms with Crippen molar-refractivity contribution in [2.24, 2.45) is 0 Å². The van der Waals surface area contributed by atoms with Crippen molar-refractivity contribution in [1.29, 1.82) is 0 Å². The minimum atomic E-state index is 0.0604. The molecule has 0 saturated heterocycles. The minimum absolute atomic E-state index is 0.0604. The molecule has 156 valence electrons. The molecule has 5 nitrogen and oxygen atoms in total. The summed E-state index contributed by atoms with van der Waals surface area (Å²) in [5.41, 5.74) is 5.79. The third kappa shape index (κ3) is 3.89. The molecule has 31 heavy (non-hydrogen) atoms. The van der Waals surface area contributed by atoms with Gasteiger partial charge in [0.2, 0.25) is 0 Å². The van der Waals surface area contributed by atoms with E-state index in [1.165, 1.54) is 0 Å². The second-order valence-corrected chi connectivity index (χ2v) is 8.49. The Kier molecular flexibility index (Phi) is 5.12. The summed E-state index contributed by atoms with van der Waals surface area (Å²) in [4.78, 5) is 24.7. The number of benzene rings is 2. The quantitative estimate of drug-likeness (QED) is 0.476. The molecule has 0 saturated carbocycles. The van der Waals surface area contributed by atoms with Crippen molar-refractivity contribution in [3.05, 3.63) is 93.6 Å². The monoisotopic (exact) mass is 411 g/mol. The van der Waals surface area contributed by atoms with Crippen LogP contribution in [0.4, 0.5) is 0 Å². The number of hydrogen-bond acceptors (Lipinski definition) is 5. The predicted molar refractivity (Wildman–Crippen MR) is 122 cm³/mol. The van der Waals surface area contributed by atoms with Crippen LogP contribution in [0.5, 0.6) is 0 Å². The standard InChI is InChI=1S/C26H25N3O2/c1-17(2)19-8-9-24-22(12-19)25(30)21(16-31-24)15-29-11-10-23-20(14-29)13-27-26(28-23)18-6-4-3-5-7-18/h3-9,12-13,16-17H,10-11,14-15H2,1-2H3. The van der Waals surface area contributed by atoms with Crippen LogP contribution in [0.15, 0.2) is 70.2 Å². The molecule has 4 aromatic rings. The van der Waals surface area contributed by atoms with Gasteiger partial charge >= 0.3 is 0 Å². The van der Waals surface area contributed by atoms with Gasteiger partial charge in [0.05, 0.1) is 17.3 Å². The lowest BCUT2D eigenvalue weighted by molar-refractivity contribution is 0.240. The number of fused-ring (bicyclic) bond motifs is 2. The Morgan fingerprint density at radius 1 is 1.13 bits per heavy atom. The highest BCUT2D eigenvalue weighted by Crippen LogP contribution is 2.23. The van der Waals surface area contributed by atoms with Gasteiger partial charge < -0.3 is 4.42 Å². The molecule has 0 aliphatic carbocycles. The summed E-state index contributed by atoms with van der Waals surface area (Å²) in [5.74, 6) is 1.13. The summed E-state index contributed by atoms with van der Waals surface area (Å²) in [6.45, 7) is 6.39. The van der Waals surface area contributed by atoms with Gasteiger partial charge in [-0.2, -0.15) is 0 Å². The largest absolute Gasteiger partial charge is 0.464 e. The molecule has 5 rings (SSSR count). The molecule has 1 aliphatic rings. The molecular formula is C26H25N3O2. The van der Waals surface area contributed by atoms with E-state index in [1.54, 1.807) is 6.26 Å². The summed E-state index contributed by atoms with van der Waals surface area (Å²) in [7, 11) is 0. The Morgan fingerprint density at radius 2 is 1.97 bits per heavy atom. The lowest BCUT2D eigenvalue weighted by Gasteiger charge is -2.27. The zero-order chi connectivity index (χ0) is 21.4. The molecule has 0 atom stereocenters. The zero-order valence-electron chi connectivity index (χ0n) is 17.8. The Balaban J connectivity index is 1.38. The zero-order valence-corrected chi connectivity index (χ0v) is 17.8. The third-order valence-corrected chi connectivity index (χ3v) is 5.97. The average Bonchev–Trinajstić information content (AvgIpc) is 2.81. The molecule has 3 heterocycles. The van der Waals surface area contributed by atoms with Crippen LogP contribution in [0.1, 0.15) is 42.1 Å². The highest BCUT2D eigenvalue weighted by molar-refractivity contribution is 5.77. The fourth-order valence-electron chi connectivity index (χ4n) is 4.13. The van der Waals surface area contributed by atoms with Gasteiger partial charge in [0, 0.05) is 48.9 Å². The number of hydrogen-bond donors (Lipinski definition) is 0. The maximum absolute atomic E-state index is 13.1. The normalized spacial score (nSPS) is 14.2. The second kappa shape index (κ2) is 8.08. The first-order chi connectivity index (χ1) is 15.1. The number of nitrogens with zero attached hydrogens (tertiary/aromatic N) is 3. The van der Waals surface area contributed by atoms with Crippen molar-refractivity contribution in [3.63, 3.8) is 0 Å². The maximum atomic E-state index is 13.1. The lowest BCUT2D eigenvalue weighted by atomic mass is 10.0. The van der Waals surface area contributed by atoms with Crippen LogP contribution < -0.4 is 5.43 Å². The van der Waals surface area contributed by atoms with Gasteiger partial charge in [-0.3, -0.25) is 9.69 Å². The molecule has 0 spiro atoms. The van der Waals surface area contributed by atoms with Gasteiger partial charge in [0.1, 0.15) is 5.58 Å². The Hall–Kier alpha value is -3.31. The van der Waals surface area contributed by atoms with E-state index in [0.717, 1.165) is 47.7 Å². The van der Waals surface area contributed by atoms with Crippen LogP contribution in [0.25, 0.3) is 22.4 Å². The highest BCUT2D eigenvalue weighted by Gasteiger charge is 2.20. The fraction of sp³-hybridized carbons (Fsp3) is 0.269. The van der Waals surface area contributed by atoms with E-state index in [2.05, 4.69) is 23.7 Å². The van der Waals surface area contributed by atoms with Gasteiger partial charge in [0.25, 0.3) is 0 Å². The van der Waals surface area contributed by atoms with E-state index in [1.807, 2.05) is 54.7 Å². The Labute approximate surface area is 181 Å². The summed E-state index contributed by atoms with van der Waals surface area (Å²) in [5, 5.41) is 0.664. The maximum Gasteiger partial charge on any atom is 0.197 e. The molecule has 0 unspecified atom stereocenters. The van der Waals surface area contributed by atoms with Crippen LogP contribution in [0, 0.1) is 0 Å². The second-order valence-electron chi connectivity index (χ2n) is 8.49. The summed E-state index contributed by atoms with van der Waals surface area (Å²) >= 11 is 0.